The molecule has 1 rings (SSSR count). The maximum absolute atomic E-state index is 12.6. The van der Waals surface area contributed by atoms with Crippen LogP contribution in [0.3, 0.4) is 0 Å². The summed E-state index contributed by atoms with van der Waals surface area (Å²) < 4.78 is 25.0. The average molecular weight is 140 g/mol. The van der Waals surface area contributed by atoms with Crippen LogP contribution in [0.2, 0.25) is 0 Å². The molecule has 0 atom stereocenters. The van der Waals surface area contributed by atoms with Gasteiger partial charge in [-0.15, -0.1) is 0 Å². The van der Waals surface area contributed by atoms with Gasteiger partial charge in [0.15, 0.2) is 11.6 Å². The minimum Gasteiger partial charge on any atom is -0.204 e. The van der Waals surface area contributed by atoms with Crippen LogP contribution in [-0.2, 0) is 6.32 Å². The SMILES string of the molecule is BCc1cccc(F)c1F. The third-order valence-corrected chi connectivity index (χ3v) is 1.41. The molecule has 0 aliphatic carbocycles. The molecule has 52 valence electrons. The van der Waals surface area contributed by atoms with E-state index in [1.165, 1.54) is 6.07 Å². The Morgan fingerprint density at radius 2 is 2.00 bits per heavy atom. The van der Waals surface area contributed by atoms with E-state index < -0.39 is 11.6 Å². The average Bonchev–Trinajstić information content (AvgIpc) is 1.95. The van der Waals surface area contributed by atoms with Crippen molar-refractivity contribution in [2.75, 3.05) is 0 Å². The van der Waals surface area contributed by atoms with Crippen LogP contribution in [0.15, 0.2) is 18.2 Å². The van der Waals surface area contributed by atoms with Crippen molar-refractivity contribution in [1.82, 2.24) is 0 Å². The van der Waals surface area contributed by atoms with Crippen molar-refractivity contribution in [3.8, 4) is 0 Å². The van der Waals surface area contributed by atoms with Crippen LogP contribution in [0.5, 0.6) is 0 Å². The minimum absolute atomic E-state index is 0.431. The maximum atomic E-state index is 12.6. The highest BCUT2D eigenvalue weighted by molar-refractivity contribution is 6.08. The van der Waals surface area contributed by atoms with Crippen molar-refractivity contribution in [2.24, 2.45) is 0 Å². The van der Waals surface area contributed by atoms with Crippen LogP contribution in [0.25, 0.3) is 0 Å². The van der Waals surface area contributed by atoms with Crippen molar-refractivity contribution >= 4 is 7.85 Å². The van der Waals surface area contributed by atoms with Crippen LogP contribution >= 0.6 is 0 Å². The molecule has 10 heavy (non-hydrogen) atoms. The van der Waals surface area contributed by atoms with E-state index in [2.05, 4.69) is 0 Å². The summed E-state index contributed by atoms with van der Waals surface area (Å²) in [7, 11) is 1.79. The predicted molar refractivity (Wildman–Crippen MR) is 38.6 cm³/mol. The smallest absolute Gasteiger partial charge is 0.161 e. The van der Waals surface area contributed by atoms with Gasteiger partial charge in [-0.2, -0.15) is 0 Å². The van der Waals surface area contributed by atoms with E-state index in [0.29, 0.717) is 11.9 Å². The van der Waals surface area contributed by atoms with Crippen LogP contribution in [-0.4, -0.2) is 7.85 Å². The molecule has 0 aliphatic rings. The lowest BCUT2D eigenvalue weighted by molar-refractivity contribution is 0.502. The Hall–Kier alpha value is -0.855. The van der Waals surface area contributed by atoms with E-state index in [9.17, 15) is 8.78 Å². The molecule has 3 heteroatoms. The van der Waals surface area contributed by atoms with Gasteiger partial charge in [-0.1, -0.05) is 18.5 Å². The summed E-state index contributed by atoms with van der Waals surface area (Å²) in [5.41, 5.74) is 0.431. The van der Waals surface area contributed by atoms with Crippen molar-refractivity contribution in [3.05, 3.63) is 35.4 Å². The Bertz CT molecular complexity index is 235. The van der Waals surface area contributed by atoms with Gasteiger partial charge in [0.1, 0.15) is 7.85 Å². The van der Waals surface area contributed by atoms with E-state index in [-0.39, 0.29) is 0 Å². The molecule has 0 saturated carbocycles. The third kappa shape index (κ3) is 1.18. The summed E-state index contributed by atoms with van der Waals surface area (Å²) in [5.74, 6) is -1.48. The van der Waals surface area contributed by atoms with Crippen LogP contribution in [0.4, 0.5) is 8.78 Å². The first-order valence-electron chi connectivity index (χ1n) is 3.18. The quantitative estimate of drug-likeness (QED) is 0.512. The summed E-state index contributed by atoms with van der Waals surface area (Å²) in [4.78, 5) is 0. The molecule has 0 bridgehead atoms. The lowest BCUT2D eigenvalue weighted by atomic mass is 9.96. The molecule has 0 N–H and O–H groups in total. The number of hydrogen-bond donors (Lipinski definition) is 0. The molecule has 1 aromatic carbocycles. The van der Waals surface area contributed by atoms with E-state index >= 15 is 0 Å². The van der Waals surface area contributed by atoms with Crippen molar-refractivity contribution in [3.63, 3.8) is 0 Å². The second-order valence-corrected chi connectivity index (χ2v) is 2.07. The third-order valence-electron chi connectivity index (χ3n) is 1.41. The minimum atomic E-state index is -0.764. The molecule has 0 radical (unpaired) electrons. The molecule has 0 nitrogen and oxygen atoms in total. The fourth-order valence-electron chi connectivity index (χ4n) is 0.822. The number of benzene rings is 1. The molecular weight excluding hydrogens is 133 g/mol. The summed E-state index contributed by atoms with van der Waals surface area (Å²) in [6, 6.07) is 4.21. The van der Waals surface area contributed by atoms with Gasteiger partial charge < -0.3 is 0 Å². The summed E-state index contributed by atoms with van der Waals surface area (Å²) in [5, 5.41) is 0. The molecule has 0 aromatic heterocycles. The molecule has 0 saturated heterocycles. The van der Waals surface area contributed by atoms with Gasteiger partial charge in [-0.05, 0) is 11.6 Å². The van der Waals surface area contributed by atoms with Gasteiger partial charge in [-0.25, -0.2) is 8.78 Å². The van der Waals surface area contributed by atoms with E-state index in [4.69, 9.17) is 0 Å². The maximum Gasteiger partial charge on any atom is 0.161 e. The first-order chi connectivity index (χ1) is 4.75. The topological polar surface area (TPSA) is 0 Å². The lowest BCUT2D eigenvalue weighted by Crippen LogP contribution is -1.92. The zero-order valence-corrected chi connectivity index (χ0v) is 5.70. The Morgan fingerprint density at radius 3 is 2.50 bits per heavy atom. The largest absolute Gasteiger partial charge is 0.204 e. The Balaban J connectivity index is 3.14. The zero-order valence-electron chi connectivity index (χ0n) is 5.70. The molecule has 0 heterocycles. The monoisotopic (exact) mass is 140 g/mol. The molecular formula is C7H7BF2. The molecule has 1 aromatic rings. The molecule has 0 aliphatic heterocycles. The second-order valence-electron chi connectivity index (χ2n) is 2.07. The van der Waals surface area contributed by atoms with Crippen molar-refractivity contribution in [2.45, 2.75) is 6.32 Å². The Morgan fingerprint density at radius 1 is 1.30 bits per heavy atom. The number of rotatable bonds is 1. The number of hydrogen-bond acceptors (Lipinski definition) is 0. The normalized spacial score (nSPS) is 9.80. The molecule has 0 fully saturated rings. The van der Waals surface area contributed by atoms with Gasteiger partial charge in [0.05, 0.1) is 0 Å². The van der Waals surface area contributed by atoms with Crippen molar-refractivity contribution in [1.29, 1.82) is 0 Å². The van der Waals surface area contributed by atoms with Gasteiger partial charge in [-0.3, -0.25) is 0 Å². The Labute approximate surface area is 59.3 Å². The standard InChI is InChI=1S/C7H7BF2/c8-4-5-2-1-3-6(9)7(5)10/h1-3H,4,8H2. The molecule has 0 amide bonds. The van der Waals surface area contributed by atoms with Gasteiger partial charge >= 0.3 is 0 Å². The van der Waals surface area contributed by atoms with Gasteiger partial charge in [0.2, 0.25) is 0 Å². The highest BCUT2D eigenvalue weighted by Crippen LogP contribution is 2.10. The van der Waals surface area contributed by atoms with E-state index in [1.807, 2.05) is 0 Å². The lowest BCUT2D eigenvalue weighted by Gasteiger charge is -1.97. The van der Waals surface area contributed by atoms with Crippen LogP contribution in [0.1, 0.15) is 5.56 Å². The molecule has 0 spiro atoms. The van der Waals surface area contributed by atoms with Gasteiger partial charge in [0.25, 0.3) is 0 Å². The van der Waals surface area contributed by atoms with Crippen molar-refractivity contribution < 1.29 is 8.78 Å². The fraction of sp³-hybridized carbons (Fsp3) is 0.143. The van der Waals surface area contributed by atoms with E-state index in [1.54, 1.807) is 13.9 Å². The first-order valence-corrected chi connectivity index (χ1v) is 3.18. The van der Waals surface area contributed by atoms with E-state index in [0.717, 1.165) is 6.07 Å². The summed E-state index contributed by atoms with van der Waals surface area (Å²) >= 11 is 0. The van der Waals surface area contributed by atoms with Crippen LogP contribution < -0.4 is 0 Å². The molecule has 0 unspecified atom stereocenters. The predicted octanol–water partition coefficient (Wildman–Crippen LogP) is 1.10. The summed E-state index contributed by atoms with van der Waals surface area (Å²) in [6.07, 6.45) is 0.531. The Kier molecular flexibility index (Phi) is 2.04. The summed E-state index contributed by atoms with van der Waals surface area (Å²) in [6.45, 7) is 0. The zero-order chi connectivity index (χ0) is 7.56. The van der Waals surface area contributed by atoms with Gasteiger partial charge in [0, 0.05) is 0 Å². The number of halogens is 2. The fourth-order valence-corrected chi connectivity index (χ4v) is 0.822. The second kappa shape index (κ2) is 2.82. The first kappa shape index (κ1) is 7.25. The highest BCUT2D eigenvalue weighted by atomic mass is 19.2. The van der Waals surface area contributed by atoms with Crippen LogP contribution in [0, 0.1) is 11.6 Å². The highest BCUT2D eigenvalue weighted by Gasteiger charge is 2.03.